The molecule has 1 heteroatoms. The van der Waals surface area contributed by atoms with Gasteiger partial charge in [0.2, 0.25) is 0 Å². The van der Waals surface area contributed by atoms with Gasteiger partial charge in [-0.25, -0.2) is 0 Å². The van der Waals surface area contributed by atoms with Gasteiger partial charge in [0.25, 0.3) is 0 Å². The summed E-state index contributed by atoms with van der Waals surface area (Å²) in [4.78, 5) is 2.39. The van der Waals surface area contributed by atoms with Gasteiger partial charge >= 0.3 is 0 Å². The van der Waals surface area contributed by atoms with E-state index < -0.39 is 0 Å². The zero-order valence-corrected chi connectivity index (χ0v) is 15.6. The highest BCUT2D eigenvalue weighted by atomic mass is 15.1. The van der Waals surface area contributed by atoms with Crippen LogP contribution in [0.15, 0.2) is 11.6 Å². The van der Waals surface area contributed by atoms with Gasteiger partial charge in [0.05, 0.1) is 0 Å². The Balaban J connectivity index is 4.84. The highest BCUT2D eigenvalue weighted by Gasteiger charge is 2.39. The van der Waals surface area contributed by atoms with E-state index in [1.165, 1.54) is 19.3 Å². The van der Waals surface area contributed by atoms with E-state index in [-0.39, 0.29) is 0 Å². The number of nitrogens with zero attached hydrogens (tertiary/aromatic N) is 1. The van der Waals surface area contributed by atoms with E-state index >= 15 is 0 Å². The number of allylic oxidation sites excluding steroid dienone is 1. The van der Waals surface area contributed by atoms with Crippen LogP contribution in [0.5, 0.6) is 0 Å². The van der Waals surface area contributed by atoms with Crippen LogP contribution in [0.4, 0.5) is 0 Å². The minimum absolute atomic E-state index is 0.363. The topological polar surface area (TPSA) is 3.24 Å². The summed E-state index contributed by atoms with van der Waals surface area (Å²) in [6, 6.07) is 0. The molecule has 1 nitrogen and oxygen atoms in total. The van der Waals surface area contributed by atoms with Crippen LogP contribution in [0.2, 0.25) is 0 Å². The van der Waals surface area contributed by atoms with Crippen LogP contribution in [0.1, 0.15) is 74.7 Å². The molecular weight excluding hydrogens is 242 g/mol. The van der Waals surface area contributed by atoms with Crippen LogP contribution >= 0.6 is 0 Å². The van der Waals surface area contributed by atoms with Crippen molar-refractivity contribution in [1.29, 1.82) is 0 Å². The third-order valence-corrected chi connectivity index (χ3v) is 5.76. The maximum atomic E-state index is 2.51. The van der Waals surface area contributed by atoms with E-state index in [1.54, 1.807) is 5.57 Å². The quantitative estimate of drug-likeness (QED) is 0.511. The average Bonchev–Trinajstić information content (AvgIpc) is 2.40. The van der Waals surface area contributed by atoms with E-state index in [4.69, 9.17) is 0 Å². The zero-order valence-electron chi connectivity index (χ0n) is 15.6. The average molecular weight is 282 g/mol. The van der Waals surface area contributed by atoms with Crippen molar-refractivity contribution in [3.8, 4) is 0 Å². The molecule has 2 unspecified atom stereocenters. The summed E-state index contributed by atoms with van der Waals surface area (Å²) in [7, 11) is 2.21. The van der Waals surface area contributed by atoms with E-state index in [9.17, 15) is 0 Å². The van der Waals surface area contributed by atoms with Crippen LogP contribution in [0.25, 0.3) is 0 Å². The highest BCUT2D eigenvalue weighted by molar-refractivity contribution is 5.05. The molecule has 0 aliphatic heterocycles. The molecule has 0 spiro atoms. The number of rotatable bonds is 8. The normalized spacial score (nSPS) is 18.2. The molecule has 0 aromatic rings. The fourth-order valence-corrected chi connectivity index (χ4v) is 3.00. The first-order valence-corrected chi connectivity index (χ1v) is 8.48. The molecule has 2 atom stereocenters. The highest BCUT2D eigenvalue weighted by Crippen LogP contribution is 2.48. The lowest BCUT2D eigenvalue weighted by molar-refractivity contribution is 0.0393. The van der Waals surface area contributed by atoms with Gasteiger partial charge in [-0.2, -0.15) is 0 Å². The van der Waals surface area contributed by atoms with Gasteiger partial charge in [-0.3, -0.25) is 0 Å². The van der Waals surface area contributed by atoms with E-state index in [0.29, 0.717) is 10.8 Å². The summed E-state index contributed by atoms with van der Waals surface area (Å²) in [5.41, 5.74) is 2.36. The van der Waals surface area contributed by atoms with Crippen molar-refractivity contribution in [2.24, 2.45) is 16.7 Å². The SMILES string of the molecule is CCC(=CCC(C)C(C)(CC)C(C)(C)C)CN(C)CC. The summed E-state index contributed by atoms with van der Waals surface area (Å²) < 4.78 is 0. The molecule has 0 aromatic carbocycles. The second-order valence-corrected chi connectivity index (χ2v) is 7.70. The molecule has 0 N–H and O–H groups in total. The first-order valence-electron chi connectivity index (χ1n) is 8.48. The molecule has 0 amide bonds. The summed E-state index contributed by atoms with van der Waals surface area (Å²) >= 11 is 0. The van der Waals surface area contributed by atoms with Gasteiger partial charge in [-0.1, -0.05) is 67.0 Å². The van der Waals surface area contributed by atoms with Gasteiger partial charge in [-0.15, -0.1) is 0 Å². The Morgan fingerprint density at radius 1 is 1.10 bits per heavy atom. The molecule has 0 bridgehead atoms. The minimum atomic E-state index is 0.363. The number of hydrogen-bond acceptors (Lipinski definition) is 1. The smallest absolute Gasteiger partial charge is 0.0189 e. The van der Waals surface area contributed by atoms with Crippen molar-refractivity contribution < 1.29 is 0 Å². The molecular formula is C19H39N. The maximum Gasteiger partial charge on any atom is 0.0189 e. The standard InChI is InChI=1S/C19H39N/c1-10-17(15-20(9)12-3)14-13-16(4)19(8,11-2)18(5,6)7/h14,16H,10-13,15H2,1-9H3. The van der Waals surface area contributed by atoms with Crippen molar-refractivity contribution in [2.75, 3.05) is 20.1 Å². The summed E-state index contributed by atoms with van der Waals surface area (Å²) in [5.74, 6) is 0.723. The fourth-order valence-electron chi connectivity index (χ4n) is 3.00. The Hall–Kier alpha value is -0.300. The number of hydrogen-bond donors (Lipinski definition) is 0. The van der Waals surface area contributed by atoms with Gasteiger partial charge in [0, 0.05) is 6.54 Å². The second-order valence-electron chi connectivity index (χ2n) is 7.70. The van der Waals surface area contributed by atoms with Crippen LogP contribution in [-0.4, -0.2) is 25.0 Å². The Morgan fingerprint density at radius 3 is 2.00 bits per heavy atom. The van der Waals surface area contributed by atoms with E-state index in [0.717, 1.165) is 19.0 Å². The van der Waals surface area contributed by atoms with Crippen LogP contribution in [0, 0.1) is 16.7 Å². The molecule has 0 radical (unpaired) electrons. The van der Waals surface area contributed by atoms with Crippen LogP contribution in [0.3, 0.4) is 0 Å². The molecule has 0 saturated heterocycles. The summed E-state index contributed by atoms with van der Waals surface area (Å²) in [6.07, 6.45) is 6.15. The van der Waals surface area contributed by atoms with Crippen LogP contribution in [-0.2, 0) is 0 Å². The second kappa shape index (κ2) is 8.22. The minimum Gasteiger partial charge on any atom is -0.303 e. The molecule has 0 rings (SSSR count). The lowest BCUT2D eigenvalue weighted by Crippen LogP contribution is -2.38. The monoisotopic (exact) mass is 281 g/mol. The molecule has 0 fully saturated rings. The largest absolute Gasteiger partial charge is 0.303 e. The maximum absolute atomic E-state index is 2.51. The van der Waals surface area contributed by atoms with Crippen molar-refractivity contribution in [1.82, 2.24) is 4.90 Å². The molecule has 0 aliphatic carbocycles. The van der Waals surface area contributed by atoms with Crippen LogP contribution < -0.4 is 0 Å². The summed E-state index contributed by atoms with van der Waals surface area (Å²) in [5, 5.41) is 0. The van der Waals surface area contributed by atoms with Crippen molar-refractivity contribution in [2.45, 2.75) is 74.7 Å². The molecule has 20 heavy (non-hydrogen) atoms. The Morgan fingerprint density at radius 2 is 1.65 bits per heavy atom. The van der Waals surface area contributed by atoms with Gasteiger partial charge in [0.15, 0.2) is 0 Å². The lowest BCUT2D eigenvalue weighted by atomic mass is 9.59. The van der Waals surface area contributed by atoms with Crippen molar-refractivity contribution in [3.05, 3.63) is 11.6 Å². The predicted molar refractivity (Wildman–Crippen MR) is 93.2 cm³/mol. The summed E-state index contributed by atoms with van der Waals surface area (Å²) in [6.45, 7) is 21.2. The lowest BCUT2D eigenvalue weighted by Gasteiger charge is -2.46. The molecule has 120 valence electrons. The first-order chi connectivity index (χ1) is 9.12. The van der Waals surface area contributed by atoms with Gasteiger partial charge < -0.3 is 4.90 Å². The first kappa shape index (κ1) is 19.7. The van der Waals surface area contributed by atoms with Gasteiger partial charge in [0.1, 0.15) is 0 Å². The Kier molecular flexibility index (Phi) is 8.09. The molecule has 0 aromatic heterocycles. The van der Waals surface area contributed by atoms with Crippen molar-refractivity contribution >= 4 is 0 Å². The molecule has 0 saturated carbocycles. The number of likely N-dealkylation sites (N-methyl/N-ethyl adjacent to an activating group) is 1. The van der Waals surface area contributed by atoms with E-state index in [2.05, 4.69) is 73.4 Å². The third kappa shape index (κ3) is 5.24. The Bertz CT molecular complexity index is 297. The predicted octanol–water partition coefficient (Wildman–Crippen LogP) is 5.76. The molecule has 0 heterocycles. The Labute approximate surface area is 128 Å². The zero-order chi connectivity index (χ0) is 16.0. The van der Waals surface area contributed by atoms with E-state index in [1.807, 2.05) is 0 Å². The van der Waals surface area contributed by atoms with Crippen molar-refractivity contribution in [3.63, 3.8) is 0 Å². The third-order valence-electron chi connectivity index (χ3n) is 5.76. The molecule has 0 aliphatic rings. The fraction of sp³-hybridized carbons (Fsp3) is 0.895. The van der Waals surface area contributed by atoms with Gasteiger partial charge in [-0.05, 0) is 49.6 Å².